The molecule has 5 nitrogen and oxygen atoms in total. The van der Waals surface area contributed by atoms with E-state index in [-0.39, 0.29) is 12.1 Å². The minimum atomic E-state index is -3.12. The zero-order valence-electron chi connectivity index (χ0n) is 12.2. The molecule has 112 valence electrons. The zero-order chi connectivity index (χ0) is 14.8. The monoisotopic (exact) mass is 298 g/mol. The molecule has 1 aliphatic rings. The van der Waals surface area contributed by atoms with Crippen LogP contribution in [0.2, 0.25) is 0 Å². The average molecular weight is 298 g/mol. The van der Waals surface area contributed by atoms with Crippen LogP contribution in [0.3, 0.4) is 0 Å². The van der Waals surface area contributed by atoms with Crippen molar-refractivity contribution in [3.05, 3.63) is 29.8 Å². The molecule has 6 heteroatoms. The first-order valence-electron chi connectivity index (χ1n) is 6.76. The van der Waals surface area contributed by atoms with Crippen LogP contribution in [-0.2, 0) is 16.4 Å². The maximum Gasteiger partial charge on any atom is 0.208 e. The molecule has 0 saturated carbocycles. The van der Waals surface area contributed by atoms with E-state index in [1.165, 1.54) is 11.8 Å². The second-order valence-electron chi connectivity index (χ2n) is 5.36. The van der Waals surface area contributed by atoms with E-state index in [1.807, 2.05) is 25.2 Å². The second kappa shape index (κ2) is 6.11. The van der Waals surface area contributed by atoms with Crippen LogP contribution in [0, 0.1) is 0 Å². The predicted molar refractivity (Wildman–Crippen MR) is 79.5 cm³/mol. The van der Waals surface area contributed by atoms with Gasteiger partial charge in [0.2, 0.25) is 10.0 Å². The highest BCUT2D eigenvalue weighted by Gasteiger charge is 2.29. The summed E-state index contributed by atoms with van der Waals surface area (Å²) in [6.45, 7) is 3.18. The Labute approximate surface area is 121 Å². The summed E-state index contributed by atoms with van der Waals surface area (Å²) in [5.41, 5.74) is 1.24. The Morgan fingerprint density at radius 1 is 1.45 bits per heavy atom. The van der Waals surface area contributed by atoms with Crippen molar-refractivity contribution in [2.24, 2.45) is 0 Å². The van der Waals surface area contributed by atoms with E-state index in [0.29, 0.717) is 13.1 Å². The number of nitrogens with zero attached hydrogens (tertiary/aromatic N) is 1. The molecule has 1 N–H and O–H groups in total. The molecule has 1 heterocycles. The number of benzene rings is 1. The van der Waals surface area contributed by atoms with Crippen LogP contribution < -0.4 is 9.46 Å². The Balaban J connectivity index is 1.85. The van der Waals surface area contributed by atoms with E-state index >= 15 is 0 Å². The number of para-hydroxylation sites is 1. The molecule has 0 spiro atoms. The number of fused-ring (bicyclic) bond motifs is 1. The van der Waals surface area contributed by atoms with E-state index < -0.39 is 10.0 Å². The van der Waals surface area contributed by atoms with Gasteiger partial charge in [0.1, 0.15) is 11.9 Å². The maximum absolute atomic E-state index is 11.0. The van der Waals surface area contributed by atoms with E-state index in [1.54, 1.807) is 0 Å². The van der Waals surface area contributed by atoms with Gasteiger partial charge in [-0.2, -0.15) is 0 Å². The van der Waals surface area contributed by atoms with Gasteiger partial charge in [-0.05, 0) is 25.6 Å². The van der Waals surface area contributed by atoms with Gasteiger partial charge in [0.25, 0.3) is 0 Å². The lowest BCUT2D eigenvalue weighted by atomic mass is 10.0. The number of hydrogen-bond donors (Lipinski definition) is 1. The van der Waals surface area contributed by atoms with Gasteiger partial charge >= 0.3 is 0 Å². The molecule has 0 radical (unpaired) electrons. The Kier molecular flexibility index (Phi) is 4.67. The SMILES string of the molecule is CC(C1Cc2ccccc2O1)N(C)CCNS(C)(=O)=O. The van der Waals surface area contributed by atoms with Gasteiger partial charge in [-0.25, -0.2) is 13.1 Å². The van der Waals surface area contributed by atoms with Crippen LogP contribution >= 0.6 is 0 Å². The average Bonchev–Trinajstić information content (AvgIpc) is 2.79. The number of likely N-dealkylation sites (N-methyl/N-ethyl adjacent to an activating group) is 1. The third-order valence-electron chi connectivity index (χ3n) is 3.73. The van der Waals surface area contributed by atoms with Gasteiger partial charge in [-0.15, -0.1) is 0 Å². The van der Waals surface area contributed by atoms with Gasteiger partial charge in [-0.3, -0.25) is 4.90 Å². The first-order valence-corrected chi connectivity index (χ1v) is 8.65. The van der Waals surface area contributed by atoms with Crippen LogP contribution in [0.4, 0.5) is 0 Å². The highest BCUT2D eigenvalue weighted by molar-refractivity contribution is 7.88. The Bertz CT molecular complexity index is 534. The van der Waals surface area contributed by atoms with Crippen LogP contribution in [0.1, 0.15) is 12.5 Å². The van der Waals surface area contributed by atoms with E-state index in [0.717, 1.165) is 12.2 Å². The lowest BCUT2D eigenvalue weighted by Gasteiger charge is -2.29. The molecule has 1 aromatic carbocycles. The van der Waals surface area contributed by atoms with Gasteiger partial charge in [0.05, 0.1) is 6.26 Å². The molecule has 0 bridgehead atoms. The standard InChI is InChI=1S/C14H22N2O3S/c1-11(16(2)9-8-15-20(3,17)18)14-10-12-6-4-5-7-13(12)19-14/h4-7,11,14-15H,8-10H2,1-3H3. The van der Waals surface area contributed by atoms with Crippen molar-refractivity contribution in [1.29, 1.82) is 0 Å². The molecule has 2 unspecified atom stereocenters. The minimum Gasteiger partial charge on any atom is -0.488 e. The number of nitrogens with one attached hydrogen (secondary N) is 1. The molecule has 0 amide bonds. The Hall–Kier alpha value is -1.11. The van der Waals surface area contributed by atoms with Crippen molar-refractivity contribution in [3.63, 3.8) is 0 Å². The molecule has 1 aliphatic heterocycles. The highest BCUT2D eigenvalue weighted by Crippen LogP contribution is 2.30. The van der Waals surface area contributed by atoms with Crippen molar-refractivity contribution >= 4 is 10.0 Å². The van der Waals surface area contributed by atoms with Crippen LogP contribution in [0.15, 0.2) is 24.3 Å². The Morgan fingerprint density at radius 2 is 2.15 bits per heavy atom. The molecule has 2 atom stereocenters. The Morgan fingerprint density at radius 3 is 2.80 bits per heavy atom. The number of ether oxygens (including phenoxy) is 1. The molecular weight excluding hydrogens is 276 g/mol. The molecule has 20 heavy (non-hydrogen) atoms. The summed E-state index contributed by atoms with van der Waals surface area (Å²) in [4.78, 5) is 2.12. The number of rotatable bonds is 6. The van der Waals surface area contributed by atoms with E-state index in [9.17, 15) is 8.42 Å². The topological polar surface area (TPSA) is 58.6 Å². The fourth-order valence-corrected chi connectivity index (χ4v) is 2.83. The normalized spacial score (nSPS) is 19.7. The molecule has 2 rings (SSSR count). The lowest BCUT2D eigenvalue weighted by Crippen LogP contribution is -2.44. The summed E-state index contributed by atoms with van der Waals surface area (Å²) in [7, 11) is -1.13. The summed E-state index contributed by atoms with van der Waals surface area (Å²) in [6, 6.07) is 8.31. The van der Waals surface area contributed by atoms with Crippen molar-refractivity contribution in [3.8, 4) is 5.75 Å². The maximum atomic E-state index is 11.0. The first-order chi connectivity index (χ1) is 9.37. The summed E-state index contributed by atoms with van der Waals surface area (Å²) in [6.07, 6.45) is 2.20. The summed E-state index contributed by atoms with van der Waals surface area (Å²) in [5, 5.41) is 0. The summed E-state index contributed by atoms with van der Waals surface area (Å²) < 4.78 is 30.5. The third kappa shape index (κ3) is 3.94. The minimum absolute atomic E-state index is 0.121. The molecule has 0 aromatic heterocycles. The van der Waals surface area contributed by atoms with Crippen molar-refractivity contribution in [1.82, 2.24) is 9.62 Å². The molecule has 1 aromatic rings. The molecule has 0 fully saturated rings. The fraction of sp³-hybridized carbons (Fsp3) is 0.571. The quantitative estimate of drug-likeness (QED) is 0.846. The first kappa shape index (κ1) is 15.3. The van der Waals surface area contributed by atoms with E-state index in [2.05, 4.69) is 22.6 Å². The summed E-state index contributed by atoms with van der Waals surface area (Å²) in [5.74, 6) is 0.965. The molecule has 0 saturated heterocycles. The third-order valence-corrected chi connectivity index (χ3v) is 4.46. The van der Waals surface area contributed by atoms with E-state index in [4.69, 9.17) is 4.74 Å². The largest absolute Gasteiger partial charge is 0.488 e. The lowest BCUT2D eigenvalue weighted by molar-refractivity contribution is 0.111. The van der Waals surface area contributed by atoms with Gasteiger partial charge in [0.15, 0.2) is 0 Å². The molecular formula is C14H22N2O3S. The van der Waals surface area contributed by atoms with Crippen LogP contribution in [0.5, 0.6) is 5.75 Å². The highest BCUT2D eigenvalue weighted by atomic mass is 32.2. The van der Waals surface area contributed by atoms with Crippen LogP contribution in [-0.4, -0.2) is 51.9 Å². The molecule has 0 aliphatic carbocycles. The zero-order valence-corrected chi connectivity index (χ0v) is 13.0. The van der Waals surface area contributed by atoms with Crippen molar-refractivity contribution in [2.75, 3.05) is 26.4 Å². The van der Waals surface area contributed by atoms with Gasteiger partial charge in [-0.1, -0.05) is 18.2 Å². The van der Waals surface area contributed by atoms with Gasteiger partial charge in [0, 0.05) is 25.6 Å². The number of sulfonamides is 1. The fourth-order valence-electron chi connectivity index (χ4n) is 2.37. The van der Waals surface area contributed by atoms with Crippen molar-refractivity contribution in [2.45, 2.75) is 25.5 Å². The predicted octanol–water partition coefficient (Wildman–Crippen LogP) is 0.860. The van der Waals surface area contributed by atoms with Crippen LogP contribution in [0.25, 0.3) is 0 Å². The van der Waals surface area contributed by atoms with Gasteiger partial charge < -0.3 is 4.74 Å². The van der Waals surface area contributed by atoms with Crippen molar-refractivity contribution < 1.29 is 13.2 Å². The second-order valence-corrected chi connectivity index (χ2v) is 7.19. The summed E-state index contributed by atoms with van der Waals surface area (Å²) >= 11 is 0. The number of hydrogen-bond acceptors (Lipinski definition) is 4. The smallest absolute Gasteiger partial charge is 0.208 e.